The average Bonchev–Trinajstić information content (AvgIpc) is 3.03. The largest absolute Gasteiger partial charge is 0.399 e. The van der Waals surface area contributed by atoms with Crippen molar-refractivity contribution in [2.45, 2.75) is 44.7 Å². The van der Waals surface area contributed by atoms with E-state index in [2.05, 4.69) is 24.4 Å². The number of benzene rings is 1. The molecule has 1 fully saturated rings. The van der Waals surface area contributed by atoms with Gasteiger partial charge < -0.3 is 11.1 Å². The number of nitrogens with two attached hydrogens (primary N) is 1. The molecule has 16 heavy (non-hydrogen) atoms. The highest BCUT2D eigenvalue weighted by Gasteiger charge is 2.31. The van der Waals surface area contributed by atoms with Crippen molar-refractivity contribution >= 4 is 5.69 Å². The Bertz CT molecular complexity index is 396. The lowest BCUT2D eigenvalue weighted by molar-refractivity contribution is 0.421. The van der Waals surface area contributed by atoms with Crippen molar-refractivity contribution in [2.24, 2.45) is 5.92 Å². The number of rotatable bonds is 3. The number of nitrogens with one attached hydrogen (secondary N) is 1. The molecule has 1 saturated carbocycles. The zero-order valence-corrected chi connectivity index (χ0v) is 9.87. The van der Waals surface area contributed by atoms with E-state index >= 15 is 0 Å². The predicted molar refractivity (Wildman–Crippen MR) is 67.2 cm³/mol. The van der Waals surface area contributed by atoms with E-state index in [1.807, 2.05) is 6.07 Å². The van der Waals surface area contributed by atoms with Crippen molar-refractivity contribution < 1.29 is 0 Å². The molecule has 1 aromatic rings. The first-order valence-electron chi connectivity index (χ1n) is 6.38. The minimum atomic E-state index is 0.561. The third kappa shape index (κ3) is 1.82. The lowest BCUT2D eigenvalue weighted by Gasteiger charge is -2.20. The Morgan fingerprint density at radius 1 is 1.31 bits per heavy atom. The Hall–Kier alpha value is -1.02. The minimum Gasteiger partial charge on any atom is -0.399 e. The summed E-state index contributed by atoms with van der Waals surface area (Å²) < 4.78 is 0. The van der Waals surface area contributed by atoms with Gasteiger partial charge in [-0.25, -0.2) is 0 Å². The monoisotopic (exact) mass is 216 g/mol. The maximum Gasteiger partial charge on any atom is 0.0328 e. The smallest absolute Gasteiger partial charge is 0.0328 e. The third-order valence-corrected chi connectivity index (χ3v) is 4.04. The van der Waals surface area contributed by atoms with Gasteiger partial charge in [0.1, 0.15) is 0 Å². The molecule has 0 amide bonds. The van der Waals surface area contributed by atoms with Crippen LogP contribution >= 0.6 is 0 Å². The molecule has 0 bridgehead atoms. The maximum atomic E-state index is 5.82. The molecule has 2 atom stereocenters. The Labute approximate surface area is 97.2 Å². The van der Waals surface area contributed by atoms with Crippen LogP contribution in [0.5, 0.6) is 0 Å². The van der Waals surface area contributed by atoms with Crippen LogP contribution in [0.1, 0.15) is 43.4 Å². The van der Waals surface area contributed by atoms with Gasteiger partial charge in [0, 0.05) is 17.8 Å². The molecule has 2 aliphatic rings. The van der Waals surface area contributed by atoms with E-state index in [0.717, 1.165) is 11.6 Å². The van der Waals surface area contributed by atoms with Gasteiger partial charge in [-0.2, -0.15) is 0 Å². The van der Waals surface area contributed by atoms with Crippen LogP contribution in [0, 0.1) is 5.92 Å². The summed E-state index contributed by atoms with van der Waals surface area (Å²) in [5.41, 5.74) is 9.63. The quantitative estimate of drug-likeness (QED) is 0.762. The van der Waals surface area contributed by atoms with Gasteiger partial charge in [0.05, 0.1) is 0 Å². The average molecular weight is 216 g/mol. The first-order chi connectivity index (χ1) is 7.74. The number of hydrogen-bond acceptors (Lipinski definition) is 2. The molecular formula is C14H20N2. The maximum absolute atomic E-state index is 5.82. The Morgan fingerprint density at radius 3 is 2.88 bits per heavy atom. The van der Waals surface area contributed by atoms with E-state index in [1.54, 1.807) is 0 Å². The van der Waals surface area contributed by atoms with Crippen LogP contribution in [0.4, 0.5) is 5.69 Å². The Morgan fingerprint density at radius 2 is 2.12 bits per heavy atom. The molecule has 1 aromatic carbocycles. The van der Waals surface area contributed by atoms with E-state index in [1.165, 1.54) is 36.8 Å². The van der Waals surface area contributed by atoms with Crippen LogP contribution in [0.25, 0.3) is 0 Å². The molecule has 2 aliphatic carbocycles. The first-order valence-corrected chi connectivity index (χ1v) is 6.38. The summed E-state index contributed by atoms with van der Waals surface area (Å²) in [6.07, 6.45) is 5.23. The van der Waals surface area contributed by atoms with Gasteiger partial charge in [0.25, 0.3) is 0 Å². The topological polar surface area (TPSA) is 38.0 Å². The molecule has 0 aliphatic heterocycles. The molecular weight excluding hydrogens is 196 g/mol. The lowest BCUT2D eigenvalue weighted by atomic mass is 10.1. The van der Waals surface area contributed by atoms with Crippen LogP contribution < -0.4 is 11.1 Å². The van der Waals surface area contributed by atoms with Crippen molar-refractivity contribution in [3.8, 4) is 0 Å². The van der Waals surface area contributed by atoms with Crippen LogP contribution in [0.15, 0.2) is 18.2 Å². The predicted octanol–water partition coefficient (Wildman–Crippen LogP) is 2.64. The second kappa shape index (κ2) is 3.77. The summed E-state index contributed by atoms with van der Waals surface area (Å²) in [5.74, 6) is 0.929. The Balaban J connectivity index is 1.75. The van der Waals surface area contributed by atoms with Gasteiger partial charge >= 0.3 is 0 Å². The molecule has 0 aromatic heterocycles. The summed E-state index contributed by atoms with van der Waals surface area (Å²) in [4.78, 5) is 0. The fourth-order valence-corrected chi connectivity index (χ4v) is 2.86. The van der Waals surface area contributed by atoms with Gasteiger partial charge in [-0.05, 0) is 61.8 Å². The SMILES string of the molecule is CC(NC1CCc2cc(N)ccc21)C1CC1. The highest BCUT2D eigenvalue weighted by Crippen LogP contribution is 2.37. The fourth-order valence-electron chi connectivity index (χ4n) is 2.86. The molecule has 86 valence electrons. The molecule has 0 radical (unpaired) electrons. The molecule has 2 nitrogen and oxygen atoms in total. The van der Waals surface area contributed by atoms with Gasteiger partial charge in [0.15, 0.2) is 0 Å². The van der Waals surface area contributed by atoms with E-state index < -0.39 is 0 Å². The van der Waals surface area contributed by atoms with Crippen LogP contribution in [0.3, 0.4) is 0 Å². The number of fused-ring (bicyclic) bond motifs is 1. The van der Waals surface area contributed by atoms with Crippen molar-refractivity contribution in [2.75, 3.05) is 5.73 Å². The van der Waals surface area contributed by atoms with Gasteiger partial charge in [0.2, 0.25) is 0 Å². The summed E-state index contributed by atoms with van der Waals surface area (Å²) in [6, 6.07) is 7.61. The minimum absolute atomic E-state index is 0.561. The molecule has 2 heteroatoms. The number of hydrogen-bond donors (Lipinski definition) is 2. The summed E-state index contributed by atoms with van der Waals surface area (Å²) in [7, 11) is 0. The number of nitrogen functional groups attached to an aromatic ring is 1. The summed E-state index contributed by atoms with van der Waals surface area (Å²) in [5, 5.41) is 3.78. The highest BCUT2D eigenvalue weighted by molar-refractivity contribution is 5.47. The van der Waals surface area contributed by atoms with Crippen LogP contribution in [-0.2, 0) is 6.42 Å². The third-order valence-electron chi connectivity index (χ3n) is 4.04. The molecule has 0 spiro atoms. The van der Waals surface area contributed by atoms with E-state index in [4.69, 9.17) is 5.73 Å². The lowest BCUT2D eigenvalue weighted by Crippen LogP contribution is -2.30. The van der Waals surface area contributed by atoms with Crippen LogP contribution in [0.2, 0.25) is 0 Å². The van der Waals surface area contributed by atoms with Crippen LogP contribution in [-0.4, -0.2) is 6.04 Å². The second-order valence-corrected chi connectivity index (χ2v) is 5.34. The number of anilines is 1. The number of aryl methyl sites for hydroxylation is 1. The molecule has 3 N–H and O–H groups in total. The van der Waals surface area contributed by atoms with Gasteiger partial charge in [-0.15, -0.1) is 0 Å². The van der Waals surface area contributed by atoms with Gasteiger partial charge in [-0.1, -0.05) is 6.07 Å². The molecule has 0 saturated heterocycles. The van der Waals surface area contributed by atoms with Crippen molar-refractivity contribution in [3.63, 3.8) is 0 Å². The fraction of sp³-hybridized carbons (Fsp3) is 0.571. The van der Waals surface area contributed by atoms with Gasteiger partial charge in [-0.3, -0.25) is 0 Å². The van der Waals surface area contributed by atoms with E-state index in [-0.39, 0.29) is 0 Å². The van der Waals surface area contributed by atoms with E-state index in [9.17, 15) is 0 Å². The highest BCUT2D eigenvalue weighted by atomic mass is 15.0. The molecule has 0 heterocycles. The molecule has 2 unspecified atom stereocenters. The standard InChI is InChI=1S/C14H20N2/c1-9(10-2-3-10)16-14-7-4-11-8-12(15)5-6-13(11)14/h5-6,8-10,14,16H,2-4,7,15H2,1H3. The molecule has 3 rings (SSSR count). The summed E-state index contributed by atoms with van der Waals surface area (Å²) >= 11 is 0. The first kappa shape index (κ1) is 10.2. The van der Waals surface area contributed by atoms with Crippen molar-refractivity contribution in [1.29, 1.82) is 0 Å². The zero-order chi connectivity index (χ0) is 11.1. The zero-order valence-electron chi connectivity index (χ0n) is 9.87. The normalized spacial score (nSPS) is 25.4. The second-order valence-electron chi connectivity index (χ2n) is 5.34. The Kier molecular flexibility index (Phi) is 2.40. The van der Waals surface area contributed by atoms with Crippen molar-refractivity contribution in [3.05, 3.63) is 29.3 Å². The summed E-state index contributed by atoms with van der Waals surface area (Å²) in [6.45, 7) is 2.33. The van der Waals surface area contributed by atoms with E-state index in [0.29, 0.717) is 12.1 Å². The van der Waals surface area contributed by atoms with Crippen molar-refractivity contribution in [1.82, 2.24) is 5.32 Å².